The highest BCUT2D eigenvalue weighted by atomic mass is 16.4. The van der Waals surface area contributed by atoms with E-state index >= 15 is 0 Å². The minimum absolute atomic E-state index is 0.132. The first-order chi connectivity index (χ1) is 9.50. The Balaban J connectivity index is 2.23. The minimum atomic E-state index is -1.03. The number of nitrogens with zero attached hydrogens (tertiary/aromatic N) is 2. The highest BCUT2D eigenvalue weighted by molar-refractivity contribution is 6.01. The molecule has 1 aromatic carbocycles. The molecule has 2 rings (SSSR count). The van der Waals surface area contributed by atoms with Gasteiger partial charge in [0.25, 0.3) is 0 Å². The maximum Gasteiger partial charge on any atom is 0.337 e. The first-order valence-corrected chi connectivity index (χ1v) is 6.51. The first-order valence-electron chi connectivity index (χ1n) is 6.51. The molecule has 0 saturated heterocycles. The van der Waals surface area contributed by atoms with Gasteiger partial charge in [0, 0.05) is 20.1 Å². The molecule has 0 aromatic heterocycles. The number of amides is 2. The van der Waals surface area contributed by atoms with E-state index in [1.54, 1.807) is 30.1 Å². The molecule has 0 radical (unpaired) electrons. The van der Waals surface area contributed by atoms with Crippen molar-refractivity contribution in [3.8, 4) is 0 Å². The Hall–Kier alpha value is -2.30. The van der Waals surface area contributed by atoms with E-state index in [4.69, 9.17) is 0 Å². The number of carbonyl (C=O) groups excluding carboxylic acids is 1. The Morgan fingerprint density at radius 3 is 2.65 bits per heavy atom. The van der Waals surface area contributed by atoms with E-state index in [0.29, 0.717) is 18.8 Å². The summed E-state index contributed by atoms with van der Waals surface area (Å²) in [5.41, 5.74) is 1.70. The number of benzene rings is 1. The van der Waals surface area contributed by atoms with Gasteiger partial charge >= 0.3 is 12.0 Å². The SMILES string of the molecule is CC1=CCCN(C(=O)N(C)c2ccccc2C(=O)O)C1. The van der Waals surface area contributed by atoms with Gasteiger partial charge in [-0.3, -0.25) is 4.90 Å². The lowest BCUT2D eigenvalue weighted by molar-refractivity contribution is 0.0697. The van der Waals surface area contributed by atoms with E-state index < -0.39 is 5.97 Å². The van der Waals surface area contributed by atoms with Crippen LogP contribution in [0.15, 0.2) is 35.9 Å². The van der Waals surface area contributed by atoms with Gasteiger partial charge in [0.15, 0.2) is 0 Å². The van der Waals surface area contributed by atoms with Crippen LogP contribution in [0.1, 0.15) is 23.7 Å². The third-order valence-corrected chi connectivity index (χ3v) is 3.39. The fourth-order valence-electron chi connectivity index (χ4n) is 2.34. The van der Waals surface area contributed by atoms with Crippen molar-refractivity contribution in [3.63, 3.8) is 0 Å². The van der Waals surface area contributed by atoms with Crippen LogP contribution in [-0.4, -0.2) is 42.1 Å². The molecule has 0 unspecified atom stereocenters. The predicted molar refractivity (Wildman–Crippen MR) is 77.1 cm³/mol. The van der Waals surface area contributed by atoms with Gasteiger partial charge in [0.2, 0.25) is 0 Å². The van der Waals surface area contributed by atoms with Crippen LogP contribution in [0, 0.1) is 0 Å². The third kappa shape index (κ3) is 2.82. The second kappa shape index (κ2) is 5.77. The zero-order valence-corrected chi connectivity index (χ0v) is 11.7. The van der Waals surface area contributed by atoms with E-state index in [2.05, 4.69) is 6.08 Å². The molecule has 1 aliphatic rings. The molecule has 1 aliphatic heterocycles. The fourth-order valence-corrected chi connectivity index (χ4v) is 2.34. The van der Waals surface area contributed by atoms with Gasteiger partial charge in [-0.25, -0.2) is 9.59 Å². The van der Waals surface area contributed by atoms with Crippen LogP contribution in [0.3, 0.4) is 0 Å². The number of carboxylic acid groups (broad SMARTS) is 1. The van der Waals surface area contributed by atoms with E-state index in [-0.39, 0.29) is 11.6 Å². The standard InChI is InChI=1S/C15H18N2O3/c1-11-6-5-9-17(10-11)15(20)16(2)13-8-4-3-7-12(13)14(18)19/h3-4,6-8H,5,9-10H2,1-2H3,(H,18,19). The summed E-state index contributed by atoms with van der Waals surface area (Å²) in [6, 6.07) is 6.36. The summed E-state index contributed by atoms with van der Waals surface area (Å²) in [5, 5.41) is 9.19. The summed E-state index contributed by atoms with van der Waals surface area (Å²) in [4.78, 5) is 26.8. The molecule has 5 nitrogen and oxygen atoms in total. The zero-order valence-electron chi connectivity index (χ0n) is 11.7. The monoisotopic (exact) mass is 274 g/mol. The maximum absolute atomic E-state index is 12.5. The Morgan fingerprint density at radius 1 is 1.30 bits per heavy atom. The predicted octanol–water partition coefficient (Wildman–Crippen LogP) is 2.59. The fraction of sp³-hybridized carbons (Fsp3) is 0.333. The van der Waals surface area contributed by atoms with E-state index in [9.17, 15) is 14.7 Å². The zero-order chi connectivity index (χ0) is 14.7. The van der Waals surface area contributed by atoms with Gasteiger partial charge in [0.1, 0.15) is 0 Å². The molecule has 5 heteroatoms. The van der Waals surface area contributed by atoms with Crippen LogP contribution in [0.5, 0.6) is 0 Å². The Bertz CT molecular complexity index is 566. The number of carbonyl (C=O) groups is 2. The number of rotatable bonds is 2. The van der Waals surface area contributed by atoms with Gasteiger partial charge in [-0.1, -0.05) is 23.8 Å². The molecule has 0 bridgehead atoms. The van der Waals surface area contributed by atoms with Crippen LogP contribution in [-0.2, 0) is 0 Å². The summed E-state index contributed by atoms with van der Waals surface area (Å²) in [5.74, 6) is -1.03. The topological polar surface area (TPSA) is 60.9 Å². The van der Waals surface area contributed by atoms with Gasteiger partial charge < -0.3 is 10.0 Å². The maximum atomic E-state index is 12.5. The number of carboxylic acids is 1. The van der Waals surface area contributed by atoms with Crippen molar-refractivity contribution < 1.29 is 14.7 Å². The number of hydrogen-bond acceptors (Lipinski definition) is 2. The van der Waals surface area contributed by atoms with Crippen LogP contribution in [0.4, 0.5) is 10.5 Å². The van der Waals surface area contributed by atoms with Crippen LogP contribution >= 0.6 is 0 Å². The van der Waals surface area contributed by atoms with Crippen molar-refractivity contribution in [1.82, 2.24) is 4.90 Å². The molecule has 2 amide bonds. The molecular weight excluding hydrogens is 256 g/mol. The smallest absolute Gasteiger partial charge is 0.337 e. The van der Waals surface area contributed by atoms with Gasteiger partial charge in [-0.15, -0.1) is 0 Å². The highest BCUT2D eigenvalue weighted by Crippen LogP contribution is 2.21. The second-order valence-corrected chi connectivity index (χ2v) is 4.92. The molecule has 0 aliphatic carbocycles. The first kappa shape index (κ1) is 14.1. The molecule has 1 heterocycles. The lowest BCUT2D eigenvalue weighted by Crippen LogP contribution is -2.44. The summed E-state index contributed by atoms with van der Waals surface area (Å²) >= 11 is 0. The largest absolute Gasteiger partial charge is 0.478 e. The third-order valence-electron chi connectivity index (χ3n) is 3.39. The Morgan fingerprint density at radius 2 is 2.00 bits per heavy atom. The van der Waals surface area contributed by atoms with E-state index in [1.807, 2.05) is 6.92 Å². The summed E-state index contributed by atoms with van der Waals surface area (Å²) in [6.07, 6.45) is 2.96. The van der Waals surface area contributed by atoms with Crippen molar-refractivity contribution in [2.75, 3.05) is 25.0 Å². The average Bonchev–Trinajstić information content (AvgIpc) is 2.45. The Kier molecular flexibility index (Phi) is 4.08. The van der Waals surface area contributed by atoms with E-state index in [0.717, 1.165) is 12.0 Å². The molecule has 0 spiro atoms. The summed E-state index contributed by atoms with van der Waals surface area (Å²) in [7, 11) is 1.61. The lowest BCUT2D eigenvalue weighted by atomic mass is 10.1. The number of hydrogen-bond donors (Lipinski definition) is 1. The summed E-state index contributed by atoms with van der Waals surface area (Å²) in [6.45, 7) is 3.25. The van der Waals surface area contributed by atoms with Crippen LogP contribution in [0.25, 0.3) is 0 Å². The number of anilines is 1. The molecule has 20 heavy (non-hydrogen) atoms. The quantitative estimate of drug-likeness (QED) is 0.843. The van der Waals surface area contributed by atoms with Crippen molar-refractivity contribution >= 4 is 17.7 Å². The van der Waals surface area contributed by atoms with Gasteiger partial charge in [-0.05, 0) is 25.5 Å². The molecule has 0 atom stereocenters. The molecule has 0 saturated carbocycles. The van der Waals surface area contributed by atoms with Crippen molar-refractivity contribution in [2.24, 2.45) is 0 Å². The molecular formula is C15H18N2O3. The van der Waals surface area contributed by atoms with E-state index in [1.165, 1.54) is 11.0 Å². The second-order valence-electron chi connectivity index (χ2n) is 4.92. The normalized spacial score (nSPS) is 14.7. The molecule has 106 valence electrons. The summed E-state index contributed by atoms with van der Waals surface area (Å²) < 4.78 is 0. The number of aromatic carboxylic acids is 1. The molecule has 1 N–H and O–H groups in total. The van der Waals surface area contributed by atoms with Gasteiger partial charge in [-0.2, -0.15) is 0 Å². The lowest BCUT2D eigenvalue weighted by Gasteiger charge is -2.31. The van der Waals surface area contributed by atoms with Gasteiger partial charge in [0.05, 0.1) is 11.3 Å². The average molecular weight is 274 g/mol. The minimum Gasteiger partial charge on any atom is -0.478 e. The van der Waals surface area contributed by atoms with Crippen molar-refractivity contribution in [3.05, 3.63) is 41.5 Å². The van der Waals surface area contributed by atoms with Crippen LogP contribution < -0.4 is 4.90 Å². The Labute approximate surface area is 118 Å². The number of para-hydroxylation sites is 1. The van der Waals surface area contributed by atoms with Crippen molar-refractivity contribution in [1.29, 1.82) is 0 Å². The highest BCUT2D eigenvalue weighted by Gasteiger charge is 2.23. The number of urea groups is 1. The van der Waals surface area contributed by atoms with Crippen molar-refractivity contribution in [2.45, 2.75) is 13.3 Å². The molecule has 1 aromatic rings. The molecule has 0 fully saturated rings. The van der Waals surface area contributed by atoms with Crippen LogP contribution in [0.2, 0.25) is 0 Å².